The molecule has 2 rings (SSSR count). The van der Waals surface area contributed by atoms with Crippen LogP contribution in [0.4, 0.5) is 11.4 Å². The molecule has 1 saturated heterocycles. The number of rotatable bonds is 5. The first-order valence-corrected chi connectivity index (χ1v) is 7.02. The minimum atomic E-state index is -0.381. The van der Waals surface area contributed by atoms with Gasteiger partial charge < -0.3 is 15.0 Å². The van der Waals surface area contributed by atoms with Crippen molar-refractivity contribution < 1.29 is 14.3 Å². The van der Waals surface area contributed by atoms with Crippen LogP contribution in [0.5, 0.6) is 0 Å². The zero-order valence-corrected chi connectivity index (χ0v) is 12.4. The van der Waals surface area contributed by atoms with Crippen molar-refractivity contribution in [2.45, 2.75) is 13.3 Å². The van der Waals surface area contributed by atoms with E-state index >= 15 is 0 Å². The minimum absolute atomic E-state index is 0.0393. The van der Waals surface area contributed by atoms with Gasteiger partial charge in [0.25, 0.3) is 0 Å². The van der Waals surface area contributed by atoms with Crippen LogP contribution in [0, 0.1) is 5.92 Å². The molecule has 1 aliphatic rings. The van der Waals surface area contributed by atoms with Crippen molar-refractivity contribution >= 4 is 23.3 Å². The van der Waals surface area contributed by atoms with Crippen molar-refractivity contribution in [2.24, 2.45) is 5.92 Å². The lowest BCUT2D eigenvalue weighted by atomic mass is 10.1. The van der Waals surface area contributed by atoms with Crippen LogP contribution in [0.2, 0.25) is 0 Å². The molecule has 1 aromatic rings. The molecule has 0 spiro atoms. The Bertz CT molecular complexity index is 569. The molecule has 1 aromatic carbocycles. The number of benzene rings is 1. The highest BCUT2D eigenvalue weighted by Crippen LogP contribution is 2.32. The number of anilines is 2. The highest BCUT2D eigenvalue weighted by molar-refractivity contribution is 6.01. The smallest absolute Gasteiger partial charge is 0.338 e. The minimum Gasteiger partial charge on any atom is -0.462 e. The Labute approximate surface area is 124 Å². The summed E-state index contributed by atoms with van der Waals surface area (Å²) in [7, 11) is 1.79. The average molecular weight is 288 g/mol. The number of hydrogen-bond donors (Lipinski definition) is 1. The number of hydrogen-bond acceptors (Lipinski definition) is 4. The first-order valence-electron chi connectivity index (χ1n) is 7.02. The van der Waals surface area contributed by atoms with Gasteiger partial charge in [-0.15, -0.1) is 6.58 Å². The highest BCUT2D eigenvalue weighted by atomic mass is 16.5. The van der Waals surface area contributed by atoms with Gasteiger partial charge in [-0.05, 0) is 25.1 Å². The van der Waals surface area contributed by atoms with E-state index in [0.29, 0.717) is 30.8 Å². The van der Waals surface area contributed by atoms with Gasteiger partial charge in [-0.3, -0.25) is 4.79 Å². The quantitative estimate of drug-likeness (QED) is 0.668. The standard InChI is InChI=1S/C16H20N2O3/c1-4-11-8-15(19)18(10-11)14-9-12(16(20)21-5-2)6-7-13(14)17-3/h4,6-7,9,11,17H,1,5,8,10H2,2-3H3. The molecular formula is C16H20N2O3. The Morgan fingerprint density at radius 2 is 2.33 bits per heavy atom. The molecule has 1 atom stereocenters. The summed E-state index contributed by atoms with van der Waals surface area (Å²) in [6.07, 6.45) is 2.25. The number of esters is 1. The largest absolute Gasteiger partial charge is 0.462 e. The maximum Gasteiger partial charge on any atom is 0.338 e. The van der Waals surface area contributed by atoms with Gasteiger partial charge in [-0.25, -0.2) is 4.79 Å². The Hall–Kier alpha value is -2.30. The second kappa shape index (κ2) is 6.43. The van der Waals surface area contributed by atoms with Gasteiger partial charge in [0.2, 0.25) is 5.91 Å². The van der Waals surface area contributed by atoms with Crippen LogP contribution in [-0.2, 0) is 9.53 Å². The van der Waals surface area contributed by atoms with Crippen LogP contribution in [0.1, 0.15) is 23.7 Å². The zero-order valence-electron chi connectivity index (χ0n) is 12.4. The average Bonchev–Trinajstić information content (AvgIpc) is 2.87. The normalized spacial score (nSPS) is 17.7. The molecule has 5 nitrogen and oxygen atoms in total. The van der Waals surface area contributed by atoms with E-state index in [2.05, 4.69) is 11.9 Å². The van der Waals surface area contributed by atoms with E-state index in [4.69, 9.17) is 4.74 Å². The number of nitrogens with one attached hydrogen (secondary N) is 1. The molecular weight excluding hydrogens is 268 g/mol. The van der Waals surface area contributed by atoms with E-state index in [1.165, 1.54) is 0 Å². The second-order valence-corrected chi connectivity index (χ2v) is 4.91. The summed E-state index contributed by atoms with van der Waals surface area (Å²) in [4.78, 5) is 25.7. The number of ether oxygens (including phenoxy) is 1. The maximum atomic E-state index is 12.2. The molecule has 0 aromatic heterocycles. The Kier molecular flexibility index (Phi) is 4.62. The maximum absolute atomic E-state index is 12.2. The van der Waals surface area contributed by atoms with Gasteiger partial charge >= 0.3 is 5.97 Å². The van der Waals surface area contributed by atoms with Gasteiger partial charge in [-0.1, -0.05) is 6.08 Å². The van der Waals surface area contributed by atoms with E-state index in [9.17, 15) is 9.59 Å². The third kappa shape index (κ3) is 3.07. The number of amides is 1. The number of carbonyl (C=O) groups excluding carboxylic acids is 2. The van der Waals surface area contributed by atoms with Crippen LogP contribution in [0.25, 0.3) is 0 Å². The molecule has 112 valence electrons. The molecule has 21 heavy (non-hydrogen) atoms. The molecule has 1 unspecified atom stereocenters. The van der Waals surface area contributed by atoms with Gasteiger partial charge in [0.15, 0.2) is 0 Å². The summed E-state index contributed by atoms with van der Waals surface area (Å²) in [6, 6.07) is 5.18. The summed E-state index contributed by atoms with van der Waals surface area (Å²) in [5.41, 5.74) is 1.96. The molecule has 0 aliphatic carbocycles. The molecule has 1 amide bonds. The Morgan fingerprint density at radius 3 is 2.90 bits per heavy atom. The monoisotopic (exact) mass is 288 g/mol. The summed E-state index contributed by atoms with van der Waals surface area (Å²) in [6.45, 7) is 6.42. The van der Waals surface area contributed by atoms with Crippen LogP contribution < -0.4 is 10.2 Å². The lowest BCUT2D eigenvalue weighted by Crippen LogP contribution is -2.25. The van der Waals surface area contributed by atoms with Gasteiger partial charge in [0.05, 0.1) is 23.5 Å². The SMILES string of the molecule is C=CC1CC(=O)N(c2cc(C(=O)OCC)ccc2NC)C1. The third-order valence-electron chi connectivity index (χ3n) is 3.56. The predicted molar refractivity (Wildman–Crippen MR) is 82.6 cm³/mol. The molecule has 0 bridgehead atoms. The van der Waals surface area contributed by atoms with Gasteiger partial charge in [0.1, 0.15) is 0 Å². The predicted octanol–water partition coefficient (Wildman–Crippen LogP) is 2.44. The first-order chi connectivity index (χ1) is 10.1. The number of nitrogens with zero attached hydrogens (tertiary/aromatic N) is 1. The molecule has 0 radical (unpaired) electrons. The van der Waals surface area contributed by atoms with Crippen molar-refractivity contribution in [1.29, 1.82) is 0 Å². The summed E-state index contributed by atoms with van der Waals surface area (Å²) >= 11 is 0. The molecule has 1 aliphatic heterocycles. The number of carbonyl (C=O) groups is 2. The van der Waals surface area contributed by atoms with Crippen molar-refractivity contribution in [3.63, 3.8) is 0 Å². The summed E-state index contributed by atoms with van der Waals surface area (Å²) in [5, 5.41) is 3.05. The van der Waals surface area contributed by atoms with Crippen LogP contribution in [0.15, 0.2) is 30.9 Å². The Morgan fingerprint density at radius 1 is 1.57 bits per heavy atom. The molecule has 1 fully saturated rings. The zero-order chi connectivity index (χ0) is 15.4. The molecule has 1 N–H and O–H groups in total. The van der Waals surface area contributed by atoms with E-state index in [1.54, 1.807) is 43.1 Å². The molecule has 5 heteroatoms. The van der Waals surface area contributed by atoms with Gasteiger partial charge in [0, 0.05) is 25.9 Å². The van der Waals surface area contributed by atoms with E-state index in [-0.39, 0.29) is 17.8 Å². The second-order valence-electron chi connectivity index (χ2n) is 4.91. The summed E-state index contributed by atoms with van der Waals surface area (Å²) in [5.74, 6) is -0.195. The lowest BCUT2D eigenvalue weighted by Gasteiger charge is -2.20. The van der Waals surface area contributed by atoms with Crippen molar-refractivity contribution in [3.8, 4) is 0 Å². The van der Waals surface area contributed by atoms with E-state index < -0.39 is 0 Å². The van der Waals surface area contributed by atoms with Crippen molar-refractivity contribution in [3.05, 3.63) is 36.4 Å². The van der Waals surface area contributed by atoms with Crippen molar-refractivity contribution in [1.82, 2.24) is 0 Å². The topological polar surface area (TPSA) is 58.6 Å². The van der Waals surface area contributed by atoms with Crippen LogP contribution >= 0.6 is 0 Å². The molecule has 1 heterocycles. The lowest BCUT2D eigenvalue weighted by molar-refractivity contribution is -0.117. The summed E-state index contributed by atoms with van der Waals surface area (Å²) < 4.78 is 5.01. The van der Waals surface area contributed by atoms with Crippen LogP contribution in [0.3, 0.4) is 0 Å². The first kappa shape index (κ1) is 15.1. The fourth-order valence-corrected chi connectivity index (χ4v) is 2.43. The molecule has 0 saturated carbocycles. The van der Waals surface area contributed by atoms with Crippen LogP contribution in [-0.4, -0.2) is 32.1 Å². The van der Waals surface area contributed by atoms with E-state index in [0.717, 1.165) is 5.69 Å². The van der Waals surface area contributed by atoms with Gasteiger partial charge in [-0.2, -0.15) is 0 Å². The Balaban J connectivity index is 2.36. The highest BCUT2D eigenvalue weighted by Gasteiger charge is 2.30. The fourth-order valence-electron chi connectivity index (χ4n) is 2.43. The van der Waals surface area contributed by atoms with E-state index in [1.807, 2.05) is 0 Å². The third-order valence-corrected chi connectivity index (χ3v) is 3.56. The fraction of sp³-hybridized carbons (Fsp3) is 0.375. The van der Waals surface area contributed by atoms with Crippen molar-refractivity contribution in [2.75, 3.05) is 30.4 Å².